The summed E-state index contributed by atoms with van der Waals surface area (Å²) < 4.78 is 5.90. The van der Waals surface area contributed by atoms with Crippen LogP contribution in [0.3, 0.4) is 0 Å². The number of hydrogen-bond acceptors (Lipinski definition) is 3. The fraction of sp³-hybridized carbons (Fsp3) is 0.789. The molecule has 4 nitrogen and oxygen atoms in total. The highest BCUT2D eigenvalue weighted by Crippen LogP contribution is 2.16. The largest absolute Gasteiger partial charge is 0.481 e. The number of esters is 1. The molecular formula is C38H68O4. The van der Waals surface area contributed by atoms with E-state index in [-0.39, 0.29) is 18.5 Å². The van der Waals surface area contributed by atoms with Crippen LogP contribution in [-0.4, -0.2) is 23.1 Å². The summed E-state index contributed by atoms with van der Waals surface area (Å²) in [6.07, 6.45) is 43.1. The zero-order valence-electron chi connectivity index (χ0n) is 27.8. The van der Waals surface area contributed by atoms with E-state index in [1.54, 1.807) is 0 Å². The maximum absolute atomic E-state index is 12.6. The lowest BCUT2D eigenvalue weighted by Gasteiger charge is -2.15. The van der Waals surface area contributed by atoms with Gasteiger partial charge in [0.2, 0.25) is 0 Å². The summed E-state index contributed by atoms with van der Waals surface area (Å²) in [7, 11) is 0. The van der Waals surface area contributed by atoms with E-state index in [0.29, 0.717) is 6.42 Å². The van der Waals surface area contributed by atoms with Crippen molar-refractivity contribution in [2.75, 3.05) is 0 Å². The highest BCUT2D eigenvalue weighted by atomic mass is 16.5. The normalized spacial score (nSPS) is 12.6. The number of carboxylic acid groups (broad SMARTS) is 1. The Balaban J connectivity index is 4.14. The summed E-state index contributed by atoms with van der Waals surface area (Å²) in [5.41, 5.74) is 0. The molecular weight excluding hydrogens is 520 g/mol. The van der Waals surface area contributed by atoms with E-state index in [9.17, 15) is 9.59 Å². The lowest BCUT2D eigenvalue weighted by Crippen LogP contribution is -2.16. The minimum atomic E-state index is -0.701. The Hall–Kier alpha value is -1.84. The Morgan fingerprint density at radius 2 is 1.02 bits per heavy atom. The van der Waals surface area contributed by atoms with Gasteiger partial charge in [0.25, 0.3) is 0 Å². The molecule has 0 aromatic rings. The highest BCUT2D eigenvalue weighted by molar-refractivity contribution is 5.69. The molecule has 0 saturated carbocycles. The van der Waals surface area contributed by atoms with Gasteiger partial charge in [-0.15, -0.1) is 0 Å². The minimum absolute atomic E-state index is 0.0517. The molecule has 0 aromatic heterocycles. The second-order valence-corrected chi connectivity index (χ2v) is 12.0. The molecule has 1 N–H and O–H groups in total. The third-order valence-corrected chi connectivity index (χ3v) is 7.82. The number of ether oxygens (including phenoxy) is 1. The molecule has 0 rings (SSSR count). The van der Waals surface area contributed by atoms with Crippen LogP contribution in [0.1, 0.15) is 187 Å². The first-order chi connectivity index (χ1) is 20.6. The smallest absolute Gasteiger partial charge is 0.306 e. The number of hydrogen-bond donors (Lipinski definition) is 1. The summed E-state index contributed by atoms with van der Waals surface area (Å²) in [6.45, 7) is 4.49. The van der Waals surface area contributed by atoms with Gasteiger partial charge in [0.05, 0.1) is 0 Å². The summed E-state index contributed by atoms with van der Waals surface area (Å²) in [4.78, 5) is 23.2. The predicted molar refractivity (Wildman–Crippen MR) is 181 cm³/mol. The Labute approximate surface area is 260 Å². The highest BCUT2D eigenvalue weighted by Gasteiger charge is 2.11. The van der Waals surface area contributed by atoms with E-state index >= 15 is 0 Å². The lowest BCUT2D eigenvalue weighted by molar-refractivity contribution is -0.147. The van der Waals surface area contributed by atoms with Crippen molar-refractivity contribution >= 4 is 11.9 Å². The quantitative estimate of drug-likeness (QED) is 0.0482. The average Bonchev–Trinajstić information content (AvgIpc) is 2.97. The Morgan fingerprint density at radius 1 is 0.548 bits per heavy atom. The van der Waals surface area contributed by atoms with Gasteiger partial charge in [-0.3, -0.25) is 9.59 Å². The molecule has 1 unspecified atom stereocenters. The fourth-order valence-corrected chi connectivity index (χ4v) is 5.11. The predicted octanol–water partition coefficient (Wildman–Crippen LogP) is 12.2. The summed E-state index contributed by atoms with van der Waals surface area (Å²) >= 11 is 0. The van der Waals surface area contributed by atoms with Crippen LogP contribution in [-0.2, 0) is 14.3 Å². The summed E-state index contributed by atoms with van der Waals surface area (Å²) in [5.74, 6) is -0.753. The maximum atomic E-state index is 12.6. The molecule has 0 radical (unpaired) electrons. The molecule has 1 atom stereocenters. The average molecular weight is 589 g/mol. The van der Waals surface area contributed by atoms with Gasteiger partial charge in [0, 0.05) is 12.8 Å². The van der Waals surface area contributed by atoms with Crippen LogP contribution in [0.2, 0.25) is 0 Å². The molecule has 0 amide bonds. The lowest BCUT2D eigenvalue weighted by atomic mass is 10.0. The Morgan fingerprint density at radius 3 is 1.62 bits per heavy atom. The molecule has 0 aliphatic heterocycles. The van der Waals surface area contributed by atoms with Crippen LogP contribution >= 0.6 is 0 Å². The molecule has 0 aromatic carbocycles. The first-order valence-corrected chi connectivity index (χ1v) is 18.0. The van der Waals surface area contributed by atoms with E-state index in [2.05, 4.69) is 50.3 Å². The standard InChI is InChI=1S/C38H68O4/c1-3-5-7-9-11-13-14-15-16-17-19-21-27-31-35-38(41)42-36(32-28-24-20-18-12-10-8-6-4-2)33-29-25-22-23-26-30-34-37(39)40/h9,11,14-15,28,32,36H,3-8,10,12-13,16-27,29-31,33-35H2,1-2H3,(H,39,40)/b11-9-,15-14-,32-28-. The van der Waals surface area contributed by atoms with Gasteiger partial charge in [-0.05, 0) is 70.3 Å². The van der Waals surface area contributed by atoms with Crippen molar-refractivity contribution < 1.29 is 19.4 Å². The molecule has 0 aliphatic carbocycles. The monoisotopic (exact) mass is 589 g/mol. The molecule has 0 heterocycles. The maximum Gasteiger partial charge on any atom is 0.306 e. The number of carbonyl (C=O) groups excluding carboxylic acids is 1. The Bertz CT molecular complexity index is 679. The van der Waals surface area contributed by atoms with Crippen molar-refractivity contribution in [2.45, 2.75) is 193 Å². The van der Waals surface area contributed by atoms with Gasteiger partial charge in [0.1, 0.15) is 6.10 Å². The van der Waals surface area contributed by atoms with Crippen LogP contribution in [0.5, 0.6) is 0 Å². The molecule has 4 heteroatoms. The SMILES string of the molecule is CCCC/C=C\C/C=C\CCCCCCCC(=O)OC(/C=C\CCCCCCCCC)CCCCCCCCC(=O)O. The third kappa shape index (κ3) is 32.7. The molecule has 0 saturated heterocycles. The van der Waals surface area contributed by atoms with E-state index in [0.717, 1.165) is 77.0 Å². The van der Waals surface area contributed by atoms with Crippen LogP contribution < -0.4 is 0 Å². The van der Waals surface area contributed by atoms with Gasteiger partial charge < -0.3 is 9.84 Å². The topological polar surface area (TPSA) is 63.6 Å². The number of allylic oxidation sites excluding steroid dienone is 5. The van der Waals surface area contributed by atoms with Crippen molar-refractivity contribution in [1.82, 2.24) is 0 Å². The second kappa shape index (κ2) is 33.7. The zero-order valence-corrected chi connectivity index (χ0v) is 27.8. The second-order valence-electron chi connectivity index (χ2n) is 12.0. The molecule has 0 fully saturated rings. The van der Waals surface area contributed by atoms with Crippen molar-refractivity contribution in [3.05, 3.63) is 36.5 Å². The zero-order chi connectivity index (χ0) is 30.8. The molecule has 0 aliphatic rings. The van der Waals surface area contributed by atoms with Gasteiger partial charge in [-0.2, -0.15) is 0 Å². The van der Waals surface area contributed by atoms with Gasteiger partial charge >= 0.3 is 11.9 Å². The first kappa shape index (κ1) is 40.2. The number of rotatable bonds is 32. The van der Waals surface area contributed by atoms with Gasteiger partial charge in [0.15, 0.2) is 0 Å². The molecule has 42 heavy (non-hydrogen) atoms. The summed E-state index contributed by atoms with van der Waals surface area (Å²) in [5, 5.41) is 8.76. The van der Waals surface area contributed by atoms with Crippen LogP contribution in [0.25, 0.3) is 0 Å². The number of carbonyl (C=O) groups is 2. The molecule has 0 bridgehead atoms. The van der Waals surface area contributed by atoms with E-state index < -0.39 is 5.97 Å². The number of aliphatic carboxylic acids is 1. The van der Waals surface area contributed by atoms with Crippen LogP contribution in [0.4, 0.5) is 0 Å². The first-order valence-electron chi connectivity index (χ1n) is 18.0. The van der Waals surface area contributed by atoms with Crippen molar-refractivity contribution in [3.63, 3.8) is 0 Å². The van der Waals surface area contributed by atoms with Gasteiger partial charge in [-0.1, -0.05) is 141 Å². The van der Waals surface area contributed by atoms with E-state index in [4.69, 9.17) is 9.84 Å². The number of unbranched alkanes of at least 4 members (excludes halogenated alkanes) is 19. The summed E-state index contributed by atoms with van der Waals surface area (Å²) in [6, 6.07) is 0. The van der Waals surface area contributed by atoms with Crippen LogP contribution in [0, 0.1) is 0 Å². The minimum Gasteiger partial charge on any atom is -0.481 e. The van der Waals surface area contributed by atoms with Crippen LogP contribution in [0.15, 0.2) is 36.5 Å². The van der Waals surface area contributed by atoms with Crippen molar-refractivity contribution in [1.29, 1.82) is 0 Å². The van der Waals surface area contributed by atoms with Gasteiger partial charge in [-0.25, -0.2) is 0 Å². The van der Waals surface area contributed by atoms with Crippen molar-refractivity contribution in [3.8, 4) is 0 Å². The molecule has 0 spiro atoms. The van der Waals surface area contributed by atoms with E-state index in [1.165, 1.54) is 83.5 Å². The van der Waals surface area contributed by atoms with E-state index in [1.807, 2.05) is 0 Å². The fourth-order valence-electron chi connectivity index (χ4n) is 5.11. The molecule has 244 valence electrons. The number of carboxylic acids is 1. The van der Waals surface area contributed by atoms with Crippen molar-refractivity contribution in [2.24, 2.45) is 0 Å². The third-order valence-electron chi connectivity index (χ3n) is 7.82. The Kier molecular flexibility index (Phi) is 32.2.